The number of primary amides is 1. The summed E-state index contributed by atoms with van der Waals surface area (Å²) in [7, 11) is 0. The van der Waals surface area contributed by atoms with Crippen molar-refractivity contribution < 1.29 is 111 Å². The number of nitrogens with one attached hydrogen (secondary N) is 21. The quantitative estimate of drug-likeness (QED) is 0.00631. The number of fused-ring (bicyclic) bond motifs is 5. The minimum absolute atomic E-state index is 0.00829. The molecule has 1 heterocycles. The van der Waals surface area contributed by atoms with Crippen molar-refractivity contribution in [2.24, 2.45) is 63.1 Å². The second-order valence-electron chi connectivity index (χ2n) is 36.6. The molecule has 0 spiro atoms. The normalized spacial score (nSPS) is 20.8. The molecular formula is C94H141N30O23S-. The number of hydrogen-bond acceptors (Lipinski definition) is 31. The highest BCUT2D eigenvalue weighted by atomic mass is 32.2. The number of aliphatic hydroxyl groups is 2. The Labute approximate surface area is 858 Å². The van der Waals surface area contributed by atoms with E-state index in [0.29, 0.717) is 5.56 Å². The Balaban J connectivity index is 1.18. The molecule has 0 aromatic heterocycles. The zero-order valence-corrected chi connectivity index (χ0v) is 84.0. The van der Waals surface area contributed by atoms with Crippen LogP contribution in [-0.4, -0.2) is 301 Å². The molecule has 9 amide bonds. The van der Waals surface area contributed by atoms with E-state index in [1.807, 2.05) is 0 Å². The van der Waals surface area contributed by atoms with E-state index in [4.69, 9.17) is 112 Å². The van der Waals surface area contributed by atoms with Crippen molar-refractivity contribution in [1.82, 2.24) is 74.4 Å². The van der Waals surface area contributed by atoms with Crippen LogP contribution in [0.4, 0.5) is 0 Å². The zero-order chi connectivity index (χ0) is 109. The van der Waals surface area contributed by atoms with Gasteiger partial charge >= 0.3 is 29.8 Å². The summed E-state index contributed by atoms with van der Waals surface area (Å²) >= 11 is 0.810. The first-order valence-electron chi connectivity index (χ1n) is 48.2. The summed E-state index contributed by atoms with van der Waals surface area (Å²) in [5.41, 5.74) is 38.3. The van der Waals surface area contributed by atoms with Gasteiger partial charge in [0, 0.05) is 89.6 Å². The maximum Gasteiger partial charge on any atom is 0.350 e. The number of carbonyl (C=O) groups excluding carboxylic acids is 15. The smallest absolute Gasteiger partial charge is 0.350 e. The van der Waals surface area contributed by atoms with Crippen molar-refractivity contribution in [3.05, 3.63) is 124 Å². The second-order valence-corrected chi connectivity index (χ2v) is 37.7. The lowest BCUT2D eigenvalue weighted by atomic mass is 9.48. The largest absolute Gasteiger partial charge is 0.455 e. The van der Waals surface area contributed by atoms with E-state index in [0.717, 1.165) is 25.6 Å². The molecule has 39 N–H and O–H groups in total. The third-order valence-electron chi connectivity index (χ3n) is 25.3. The third kappa shape index (κ3) is 36.8. The number of esters is 5. The van der Waals surface area contributed by atoms with Crippen molar-refractivity contribution in [1.29, 1.82) is 37.9 Å². The highest BCUT2D eigenvalue weighted by Gasteiger charge is 2.76. The van der Waals surface area contributed by atoms with Crippen LogP contribution in [0.5, 0.6) is 0 Å². The molecular weight excluding hydrogens is 1950 g/mol. The molecule has 3 aromatic rings. The van der Waals surface area contributed by atoms with Gasteiger partial charge in [-0.2, -0.15) is 0 Å². The lowest BCUT2D eigenvalue weighted by Gasteiger charge is -2.65. The number of guanidine groups is 7. The van der Waals surface area contributed by atoms with E-state index in [2.05, 4.69) is 79.8 Å². The predicted octanol–water partition coefficient (Wildman–Crippen LogP) is -4.60. The Bertz CT molecular complexity index is 5250. The Hall–Kier alpha value is -15.2. The molecule has 1 aliphatic heterocycles. The minimum Gasteiger partial charge on any atom is -0.455 e. The number of ether oxygens (including phenoxy) is 6. The second kappa shape index (κ2) is 58.2. The SMILES string of the molecule is CC(=O)O[C@H]1C(=O)[C@@]2(C)[C@H]([C@H](OC(=O)c3ccccc3)[C@@]3(O)CC1=C(C)[C@@H](OC(=O)[C@H](OC(=O)CSC[C@H](C)C(=O)N[C@H](CCCNC(=N)N)C(=O)N[C@H](CCCNC(=N)N)C(=O)N[C@H](CCCNC(=N)N)C(=O)N[C@H](CCCNC(=N)N)C(=O)N[C@H](CCC[N-]C(=N)N)C(=O)N[C@H](CCCNC(=N)N)C(=O)N[C@H](CCCNC(=N)N)C(N)=O)[C@H](Cc1ccccc1)NC(=O)c1ccccc1)C3)[C@]1(OC(C)=O)CO[C@@H]1C[C@@H]2O. The maximum atomic E-state index is 15.9. The van der Waals surface area contributed by atoms with Gasteiger partial charge in [-0.15, -0.1) is 11.8 Å². The monoisotopic (exact) mass is 2090 g/mol. The number of benzene rings is 3. The molecule has 7 rings (SSSR count). The summed E-state index contributed by atoms with van der Waals surface area (Å²) in [6, 6.07) is 11.2. The first-order valence-corrected chi connectivity index (χ1v) is 49.4. The number of hydrogen-bond donors (Lipinski definition) is 31. The van der Waals surface area contributed by atoms with Crippen LogP contribution >= 0.6 is 11.8 Å². The Kier molecular flexibility index (Phi) is 47.1. The highest BCUT2D eigenvalue weighted by molar-refractivity contribution is 7.99. The summed E-state index contributed by atoms with van der Waals surface area (Å²) < 4.78 is 37.0. The van der Waals surface area contributed by atoms with Crippen LogP contribution in [0.3, 0.4) is 0 Å². The van der Waals surface area contributed by atoms with Crippen LogP contribution in [0.1, 0.15) is 170 Å². The summed E-state index contributed by atoms with van der Waals surface area (Å²) in [6.45, 7) is 5.58. The van der Waals surface area contributed by atoms with E-state index < -0.39 is 263 Å². The molecule has 3 aromatic carbocycles. The first kappa shape index (κ1) is 120. The fraction of sp³-hybridized carbons (Fsp3) is 0.553. The Morgan fingerprint density at radius 2 is 0.905 bits per heavy atom. The molecule has 0 radical (unpaired) electrons. The van der Waals surface area contributed by atoms with E-state index in [-0.39, 0.29) is 183 Å². The number of nitrogens with zero attached hydrogens (tertiary/aromatic N) is 1. The molecule has 2 saturated carbocycles. The fourth-order valence-corrected chi connectivity index (χ4v) is 18.6. The van der Waals surface area contributed by atoms with Gasteiger partial charge in [-0.1, -0.05) is 73.7 Å². The van der Waals surface area contributed by atoms with E-state index in [9.17, 15) is 58.2 Å². The van der Waals surface area contributed by atoms with Gasteiger partial charge in [0.1, 0.15) is 66.2 Å². The standard InChI is InChI=1S/C94H142N30O23S/c1-49(46-148-47-68(128)145-70(64(42-53-22-9-6-10-23-53)124-76(132)54-24-11-7-12-25-54)84(140)144-65-45-93(141)44-56(50(65)2)69(143-51(3)125)72(129)92(5)66(127)43-67-94(48-142-67,147-52(4)126)71(92)73(93)146-83(139)55-26-13-8-14-27-55)75(131)118-58(29-16-36-111-86(98)99)78(134)120-60(31-18-38-113-88(102)103)80(136)122-62(33-20-40-115-90(106)107)82(138)123-63(34-21-41-116-91(108)109)81(137)121-61(32-19-39-114-89(104)105)79(135)119-59(30-17-37-112-87(100)101)77(133)117-57(74(95)130)28-15-35-110-85(96)97/h6-14,22-27,49,57-67,69-71,73,127,141H,15-21,28-48H2,1-5H3,(H38,95,96,97,98,99,100,101,102,103,104,105,106,107,108,109,110,111,112,113,114,115,116,117,118,119,120,121,122,123,124,130,131,132,133,134,135,136,137,138)/p-1/t49-,57+,58+,59+,60+,61+,62+,63+,64-,65-,66-,67+,69+,70+,71-,73-,92+,93+,94-/m0/s1. The summed E-state index contributed by atoms with van der Waals surface area (Å²) in [5.74, 6) is -21.9. The molecule has 3 fully saturated rings. The summed E-state index contributed by atoms with van der Waals surface area (Å²) in [4.78, 5) is 219. The van der Waals surface area contributed by atoms with Crippen LogP contribution in [0.2, 0.25) is 0 Å². The van der Waals surface area contributed by atoms with Gasteiger partial charge in [-0.25, -0.2) is 9.59 Å². The van der Waals surface area contributed by atoms with Gasteiger partial charge in [-0.05, 0) is 164 Å². The van der Waals surface area contributed by atoms with Crippen molar-refractivity contribution in [3.8, 4) is 0 Å². The number of rotatable bonds is 59. The van der Waals surface area contributed by atoms with Gasteiger partial charge in [-0.3, -0.25) is 94.8 Å². The average molecular weight is 2090 g/mol. The maximum absolute atomic E-state index is 15.9. The Morgan fingerprint density at radius 3 is 1.29 bits per heavy atom. The van der Waals surface area contributed by atoms with Crippen molar-refractivity contribution in [2.75, 3.05) is 63.9 Å². The lowest BCUT2D eigenvalue weighted by molar-refractivity contribution is -0.340. The molecule has 53 nitrogen and oxygen atoms in total. The first-order chi connectivity index (χ1) is 70.1. The molecule has 3 aliphatic carbocycles. The summed E-state index contributed by atoms with van der Waals surface area (Å²) in [5, 5.41) is 121. The molecule has 812 valence electrons. The molecule has 148 heavy (non-hydrogen) atoms. The topological polar surface area (TPSA) is 910 Å². The van der Waals surface area contributed by atoms with Crippen LogP contribution in [0.25, 0.3) is 5.32 Å². The third-order valence-corrected chi connectivity index (χ3v) is 26.4. The van der Waals surface area contributed by atoms with Gasteiger partial charge in [0.05, 0.1) is 41.4 Å². The van der Waals surface area contributed by atoms with Crippen LogP contribution in [0, 0.1) is 55.1 Å². The van der Waals surface area contributed by atoms with Gasteiger partial charge in [0.15, 0.2) is 53.2 Å². The number of Topliss-reactive ketones (excluding diaryl/α,β-unsaturated/α-hetero) is 1. The van der Waals surface area contributed by atoms with Crippen molar-refractivity contribution >= 4 is 142 Å². The van der Waals surface area contributed by atoms with E-state index in [1.54, 1.807) is 54.6 Å². The molecule has 1 saturated heterocycles. The molecule has 4 aliphatic rings. The number of amides is 9. The van der Waals surface area contributed by atoms with Crippen molar-refractivity contribution in [3.63, 3.8) is 0 Å². The van der Waals surface area contributed by atoms with Crippen LogP contribution in [0.15, 0.2) is 102 Å². The van der Waals surface area contributed by atoms with Crippen LogP contribution in [-0.2, 0) is 97.2 Å². The zero-order valence-electron chi connectivity index (χ0n) is 83.1. The number of thioether (sulfide) groups is 1. The van der Waals surface area contributed by atoms with Gasteiger partial charge < -0.3 is 170 Å². The fourth-order valence-electron chi connectivity index (χ4n) is 17.8. The number of aliphatic hydroxyl groups excluding tert-OH is 1. The molecule has 19 atom stereocenters. The minimum atomic E-state index is -2.54. The molecule has 0 unspecified atom stereocenters. The van der Waals surface area contributed by atoms with Crippen LogP contribution < -0.4 is 120 Å². The van der Waals surface area contributed by atoms with Gasteiger partial charge in [0.2, 0.25) is 53.4 Å². The van der Waals surface area contributed by atoms with Gasteiger partial charge in [0.25, 0.3) is 5.91 Å². The number of ketones is 1. The number of nitrogens with two attached hydrogens (primary N) is 8. The van der Waals surface area contributed by atoms with E-state index >= 15 is 24.0 Å². The average Bonchev–Trinajstić information content (AvgIpc) is 0.676. The number of carbonyl (C=O) groups is 15. The highest BCUT2D eigenvalue weighted by Crippen LogP contribution is 2.61. The van der Waals surface area contributed by atoms with E-state index in [1.165, 1.54) is 57.2 Å². The molecule has 54 heteroatoms. The molecule has 2 bridgehead atoms. The van der Waals surface area contributed by atoms with Crippen molar-refractivity contribution in [2.45, 2.75) is 246 Å². The Morgan fingerprint density at radius 1 is 0.514 bits per heavy atom. The summed E-state index contributed by atoms with van der Waals surface area (Å²) in [6.07, 6.45) is -14.1. The lowest BCUT2D eigenvalue weighted by Crippen LogP contribution is -2.80. The predicted molar refractivity (Wildman–Crippen MR) is 541 cm³/mol.